The number of aromatic nitrogens is 5. The van der Waals surface area contributed by atoms with Crippen molar-refractivity contribution < 1.29 is 0 Å². The van der Waals surface area contributed by atoms with E-state index < -0.39 is 0 Å². The minimum atomic E-state index is 0.331. The molecule has 0 spiro atoms. The topological polar surface area (TPSA) is 56.0 Å². The first-order valence-electron chi connectivity index (χ1n) is 3.80. The lowest BCUT2D eigenvalue weighted by Crippen LogP contribution is -2.04. The predicted octanol–water partition coefficient (Wildman–Crippen LogP) is 0.643. The van der Waals surface area contributed by atoms with Crippen LogP contribution in [-0.4, -0.2) is 24.8 Å². The Bertz CT molecular complexity index is 391. The van der Waals surface area contributed by atoms with Gasteiger partial charge < -0.3 is 0 Å². The molecule has 0 amide bonds. The summed E-state index contributed by atoms with van der Waals surface area (Å²) in [7, 11) is 0. The van der Waals surface area contributed by atoms with E-state index in [4.69, 9.17) is 0 Å². The van der Waals surface area contributed by atoms with E-state index in [0.29, 0.717) is 5.92 Å². The van der Waals surface area contributed by atoms with Crippen LogP contribution in [0.4, 0.5) is 0 Å². The lowest BCUT2D eigenvalue weighted by atomic mass is 10.2. The second-order valence-corrected chi connectivity index (χ2v) is 2.89. The summed E-state index contributed by atoms with van der Waals surface area (Å²) in [6.45, 7) is 4.12. The van der Waals surface area contributed by atoms with E-state index in [1.165, 1.54) is 6.33 Å². The molecule has 0 saturated heterocycles. The molecule has 5 nitrogen and oxygen atoms in total. The van der Waals surface area contributed by atoms with Crippen molar-refractivity contribution in [2.45, 2.75) is 19.8 Å². The molecule has 0 radical (unpaired) electrons. The Labute approximate surface area is 69.5 Å². The fraction of sp³-hybridized carbons (Fsp3) is 0.429. The third-order valence-electron chi connectivity index (χ3n) is 1.64. The Balaban J connectivity index is 2.73. The third-order valence-corrected chi connectivity index (χ3v) is 1.64. The van der Waals surface area contributed by atoms with Gasteiger partial charge in [-0.1, -0.05) is 19.1 Å². The first kappa shape index (κ1) is 7.15. The van der Waals surface area contributed by atoms with Gasteiger partial charge in [-0.15, -0.1) is 5.10 Å². The molecule has 0 unspecified atom stereocenters. The highest BCUT2D eigenvalue weighted by Gasteiger charge is 2.07. The van der Waals surface area contributed by atoms with Crippen LogP contribution in [0, 0.1) is 0 Å². The average molecular weight is 163 g/mol. The van der Waals surface area contributed by atoms with Gasteiger partial charge in [-0.3, -0.25) is 0 Å². The monoisotopic (exact) mass is 163 g/mol. The molecule has 2 rings (SSSR count). The highest BCUT2D eigenvalue weighted by molar-refractivity contribution is 5.32. The van der Waals surface area contributed by atoms with E-state index in [1.54, 1.807) is 10.7 Å². The number of nitrogens with zero attached hydrogens (tertiary/aromatic N) is 5. The molecule has 62 valence electrons. The molecule has 0 fully saturated rings. The summed E-state index contributed by atoms with van der Waals surface area (Å²) in [5.74, 6) is 1.22. The van der Waals surface area contributed by atoms with Crippen LogP contribution in [0.2, 0.25) is 0 Å². The molecule has 2 aromatic heterocycles. The van der Waals surface area contributed by atoms with Crippen LogP contribution >= 0.6 is 0 Å². The standard InChI is InChI=1S/C7H9N5/c1-5(2)7-9-4-8-6-3-10-11-12(6)7/h3-5H,1-2H3. The van der Waals surface area contributed by atoms with Crippen LogP contribution in [0.3, 0.4) is 0 Å². The Hall–Kier alpha value is -1.52. The van der Waals surface area contributed by atoms with E-state index >= 15 is 0 Å². The summed E-state index contributed by atoms with van der Waals surface area (Å²) in [6.07, 6.45) is 3.15. The summed E-state index contributed by atoms with van der Waals surface area (Å²) in [6, 6.07) is 0. The molecule has 0 N–H and O–H groups in total. The molecule has 0 aliphatic carbocycles. The minimum absolute atomic E-state index is 0.331. The molecule has 0 saturated carbocycles. The smallest absolute Gasteiger partial charge is 0.179 e. The van der Waals surface area contributed by atoms with Gasteiger partial charge >= 0.3 is 0 Å². The van der Waals surface area contributed by atoms with Crippen LogP contribution in [0.5, 0.6) is 0 Å². The Kier molecular flexibility index (Phi) is 1.49. The Morgan fingerprint density at radius 1 is 1.33 bits per heavy atom. The number of hydrogen-bond donors (Lipinski definition) is 0. The lowest BCUT2D eigenvalue weighted by molar-refractivity contribution is 0.681. The van der Waals surface area contributed by atoms with Gasteiger partial charge in [0.2, 0.25) is 0 Å². The van der Waals surface area contributed by atoms with Crippen molar-refractivity contribution in [3.63, 3.8) is 0 Å². The highest BCUT2D eigenvalue weighted by Crippen LogP contribution is 2.09. The summed E-state index contributed by atoms with van der Waals surface area (Å²) >= 11 is 0. The Morgan fingerprint density at radius 3 is 2.92 bits per heavy atom. The van der Waals surface area contributed by atoms with E-state index in [-0.39, 0.29) is 0 Å². The third kappa shape index (κ3) is 0.939. The van der Waals surface area contributed by atoms with Crippen molar-refractivity contribution in [1.82, 2.24) is 24.8 Å². The number of fused-ring (bicyclic) bond motifs is 1. The molecule has 0 aliphatic rings. The molecule has 0 aromatic carbocycles. The zero-order valence-corrected chi connectivity index (χ0v) is 6.97. The van der Waals surface area contributed by atoms with Crippen LogP contribution in [-0.2, 0) is 0 Å². The van der Waals surface area contributed by atoms with Gasteiger partial charge in [0.1, 0.15) is 12.2 Å². The summed E-state index contributed by atoms with van der Waals surface area (Å²) in [4.78, 5) is 8.14. The molecule has 0 aliphatic heterocycles. The van der Waals surface area contributed by atoms with Crippen LogP contribution in [0.15, 0.2) is 12.5 Å². The van der Waals surface area contributed by atoms with E-state index in [0.717, 1.165) is 11.5 Å². The first-order valence-corrected chi connectivity index (χ1v) is 3.80. The maximum Gasteiger partial charge on any atom is 0.179 e. The molecular formula is C7H9N5. The fourth-order valence-corrected chi connectivity index (χ4v) is 1.08. The molecule has 0 atom stereocenters. The van der Waals surface area contributed by atoms with Gasteiger partial charge in [0.05, 0.1) is 6.20 Å². The minimum Gasteiger partial charge on any atom is -0.221 e. The van der Waals surface area contributed by atoms with Gasteiger partial charge in [0.25, 0.3) is 0 Å². The number of hydrogen-bond acceptors (Lipinski definition) is 4. The van der Waals surface area contributed by atoms with Crippen LogP contribution < -0.4 is 0 Å². The quantitative estimate of drug-likeness (QED) is 0.619. The summed E-state index contributed by atoms with van der Waals surface area (Å²) < 4.78 is 1.66. The van der Waals surface area contributed by atoms with Crippen molar-refractivity contribution in [3.8, 4) is 0 Å². The second-order valence-electron chi connectivity index (χ2n) is 2.89. The largest absolute Gasteiger partial charge is 0.221 e. The fourth-order valence-electron chi connectivity index (χ4n) is 1.08. The van der Waals surface area contributed by atoms with Crippen molar-refractivity contribution in [2.24, 2.45) is 0 Å². The molecule has 5 heteroatoms. The maximum atomic E-state index is 4.13. The first-order chi connectivity index (χ1) is 5.79. The summed E-state index contributed by atoms with van der Waals surface area (Å²) in [5.41, 5.74) is 0.744. The number of rotatable bonds is 1. The van der Waals surface area contributed by atoms with Gasteiger partial charge in [-0.25, -0.2) is 9.97 Å². The van der Waals surface area contributed by atoms with Gasteiger partial charge in [0, 0.05) is 5.92 Å². The zero-order chi connectivity index (χ0) is 8.55. The van der Waals surface area contributed by atoms with Crippen molar-refractivity contribution in [3.05, 3.63) is 18.3 Å². The second kappa shape index (κ2) is 2.51. The highest BCUT2D eigenvalue weighted by atomic mass is 15.4. The maximum absolute atomic E-state index is 4.13. The molecule has 2 aromatic rings. The Morgan fingerprint density at radius 2 is 2.17 bits per heavy atom. The van der Waals surface area contributed by atoms with Crippen molar-refractivity contribution >= 4 is 5.65 Å². The van der Waals surface area contributed by atoms with Gasteiger partial charge in [-0.2, -0.15) is 4.52 Å². The average Bonchev–Trinajstić information content (AvgIpc) is 2.49. The predicted molar refractivity (Wildman–Crippen MR) is 42.7 cm³/mol. The zero-order valence-electron chi connectivity index (χ0n) is 6.97. The van der Waals surface area contributed by atoms with Crippen molar-refractivity contribution in [2.75, 3.05) is 0 Å². The van der Waals surface area contributed by atoms with Crippen molar-refractivity contribution in [1.29, 1.82) is 0 Å². The van der Waals surface area contributed by atoms with Crippen LogP contribution in [0.25, 0.3) is 5.65 Å². The van der Waals surface area contributed by atoms with Gasteiger partial charge in [0.15, 0.2) is 5.65 Å². The van der Waals surface area contributed by atoms with E-state index in [1.807, 2.05) is 0 Å². The van der Waals surface area contributed by atoms with E-state index in [9.17, 15) is 0 Å². The van der Waals surface area contributed by atoms with Crippen LogP contribution in [0.1, 0.15) is 25.6 Å². The molecular weight excluding hydrogens is 154 g/mol. The molecule has 0 bridgehead atoms. The molecule has 12 heavy (non-hydrogen) atoms. The van der Waals surface area contributed by atoms with Gasteiger partial charge in [-0.05, 0) is 0 Å². The SMILES string of the molecule is CC(C)c1ncnc2cnnn12. The molecule has 2 heterocycles. The summed E-state index contributed by atoms with van der Waals surface area (Å²) in [5, 5.41) is 7.64. The normalized spacial score (nSPS) is 11.2. The lowest BCUT2D eigenvalue weighted by Gasteiger charge is -2.03. The van der Waals surface area contributed by atoms with E-state index in [2.05, 4.69) is 34.1 Å².